The Morgan fingerprint density at radius 1 is 1.22 bits per heavy atom. The van der Waals surface area contributed by atoms with Crippen LogP contribution in [-0.4, -0.2) is 29.1 Å². The third kappa shape index (κ3) is 4.07. The van der Waals surface area contributed by atoms with Crippen molar-refractivity contribution in [1.82, 2.24) is 15.6 Å². The number of aromatic nitrogens is 1. The van der Waals surface area contributed by atoms with Crippen molar-refractivity contribution in [1.29, 1.82) is 0 Å². The largest absolute Gasteiger partial charge is 0.355 e. The molecule has 3 N–H and O–H groups in total. The molecular formula is C16H19N3O3S. The average molecular weight is 333 g/mol. The Bertz CT molecular complexity index is 732. The molecule has 7 heteroatoms. The van der Waals surface area contributed by atoms with Crippen LogP contribution in [0.5, 0.6) is 0 Å². The number of carbonyl (C=O) groups excluding carboxylic acids is 3. The number of rotatable bonds is 6. The molecule has 0 aliphatic heterocycles. The maximum Gasteiger partial charge on any atom is 0.315 e. The molecule has 0 unspecified atom stereocenters. The van der Waals surface area contributed by atoms with E-state index in [1.54, 1.807) is 25.2 Å². The first kappa shape index (κ1) is 17.0. The monoisotopic (exact) mass is 333 g/mol. The highest BCUT2D eigenvalue weighted by Gasteiger charge is 2.19. The van der Waals surface area contributed by atoms with E-state index in [0.717, 1.165) is 4.88 Å². The SMILES string of the molecule is CC(=O)c1c(C)[nH]c(C(=O)CNC(=O)NCc2cccs2)c1C. The van der Waals surface area contributed by atoms with Gasteiger partial charge in [0.25, 0.3) is 0 Å². The highest BCUT2D eigenvalue weighted by molar-refractivity contribution is 7.09. The summed E-state index contributed by atoms with van der Waals surface area (Å²) in [4.78, 5) is 39.5. The fourth-order valence-corrected chi connectivity index (χ4v) is 3.09. The van der Waals surface area contributed by atoms with Crippen molar-refractivity contribution < 1.29 is 14.4 Å². The van der Waals surface area contributed by atoms with Crippen molar-refractivity contribution in [2.75, 3.05) is 6.54 Å². The summed E-state index contributed by atoms with van der Waals surface area (Å²) < 4.78 is 0. The summed E-state index contributed by atoms with van der Waals surface area (Å²) in [7, 11) is 0. The van der Waals surface area contributed by atoms with E-state index in [9.17, 15) is 14.4 Å². The number of nitrogens with one attached hydrogen (secondary N) is 3. The molecule has 2 aromatic heterocycles. The van der Waals surface area contributed by atoms with Crippen LogP contribution in [0.2, 0.25) is 0 Å². The number of thiophene rings is 1. The number of aryl methyl sites for hydroxylation is 1. The zero-order valence-corrected chi connectivity index (χ0v) is 14.1. The van der Waals surface area contributed by atoms with Gasteiger partial charge in [-0.25, -0.2) is 4.79 Å². The predicted octanol–water partition coefficient (Wildman–Crippen LogP) is 2.58. The Balaban J connectivity index is 1.91. The second kappa shape index (κ2) is 7.23. The van der Waals surface area contributed by atoms with Gasteiger partial charge in [-0.3, -0.25) is 9.59 Å². The van der Waals surface area contributed by atoms with E-state index in [1.807, 2.05) is 17.5 Å². The van der Waals surface area contributed by atoms with Crippen LogP contribution in [0, 0.1) is 13.8 Å². The number of aromatic amines is 1. The Kier molecular flexibility index (Phi) is 5.33. The molecule has 122 valence electrons. The summed E-state index contributed by atoms with van der Waals surface area (Å²) >= 11 is 1.55. The lowest BCUT2D eigenvalue weighted by molar-refractivity contribution is 0.0987. The van der Waals surface area contributed by atoms with Crippen molar-refractivity contribution >= 4 is 28.9 Å². The lowest BCUT2D eigenvalue weighted by Crippen LogP contribution is -2.38. The Morgan fingerprint density at radius 3 is 2.52 bits per heavy atom. The molecule has 2 heterocycles. The second-order valence-corrected chi connectivity index (χ2v) is 6.25. The molecule has 0 fully saturated rings. The molecule has 0 bridgehead atoms. The molecule has 0 aliphatic carbocycles. The molecular weight excluding hydrogens is 314 g/mol. The second-order valence-electron chi connectivity index (χ2n) is 5.22. The minimum absolute atomic E-state index is 0.0862. The molecule has 2 rings (SSSR count). The maximum atomic E-state index is 12.2. The third-order valence-corrected chi connectivity index (χ3v) is 4.36. The Hall–Kier alpha value is -2.41. The lowest BCUT2D eigenvalue weighted by atomic mass is 10.1. The van der Waals surface area contributed by atoms with Gasteiger partial charge >= 0.3 is 6.03 Å². The van der Waals surface area contributed by atoms with E-state index in [-0.39, 0.29) is 18.1 Å². The van der Waals surface area contributed by atoms with Gasteiger partial charge in [-0.05, 0) is 37.8 Å². The van der Waals surface area contributed by atoms with Gasteiger partial charge in [0.1, 0.15) is 0 Å². The van der Waals surface area contributed by atoms with Gasteiger partial charge in [0.05, 0.1) is 18.8 Å². The number of hydrogen-bond donors (Lipinski definition) is 3. The first-order valence-corrected chi connectivity index (χ1v) is 8.05. The minimum Gasteiger partial charge on any atom is -0.355 e. The molecule has 23 heavy (non-hydrogen) atoms. The summed E-state index contributed by atoms with van der Waals surface area (Å²) in [5.74, 6) is -0.346. The van der Waals surface area contributed by atoms with E-state index in [0.29, 0.717) is 29.1 Å². The predicted molar refractivity (Wildman–Crippen MR) is 89.2 cm³/mol. The topological polar surface area (TPSA) is 91.1 Å². The highest BCUT2D eigenvalue weighted by atomic mass is 32.1. The number of amides is 2. The van der Waals surface area contributed by atoms with E-state index < -0.39 is 6.03 Å². The Labute approximate surface area is 138 Å². The molecule has 6 nitrogen and oxygen atoms in total. The van der Waals surface area contributed by atoms with Crippen LogP contribution in [0.4, 0.5) is 4.79 Å². The molecule has 0 saturated carbocycles. The van der Waals surface area contributed by atoms with Crippen molar-refractivity contribution in [3.8, 4) is 0 Å². The average Bonchev–Trinajstić information content (AvgIpc) is 3.10. The van der Waals surface area contributed by atoms with Gasteiger partial charge in [-0.15, -0.1) is 11.3 Å². The summed E-state index contributed by atoms with van der Waals surface area (Å²) in [6.07, 6.45) is 0. The van der Waals surface area contributed by atoms with Crippen LogP contribution in [0.1, 0.15) is 43.9 Å². The number of H-pyrrole nitrogens is 1. The van der Waals surface area contributed by atoms with Crippen LogP contribution < -0.4 is 10.6 Å². The van der Waals surface area contributed by atoms with Gasteiger partial charge in [-0.1, -0.05) is 6.07 Å². The van der Waals surface area contributed by atoms with Crippen LogP contribution in [0.3, 0.4) is 0 Å². The van der Waals surface area contributed by atoms with Gasteiger partial charge in [-0.2, -0.15) is 0 Å². The number of ketones is 2. The standard InChI is InChI=1S/C16H19N3O3S/c1-9-14(11(3)20)10(2)19-15(9)13(21)8-18-16(22)17-7-12-5-4-6-23-12/h4-6,19H,7-8H2,1-3H3,(H2,17,18,22). The first-order valence-electron chi connectivity index (χ1n) is 7.17. The molecule has 0 radical (unpaired) electrons. The summed E-state index contributed by atoms with van der Waals surface area (Å²) in [6.45, 7) is 5.24. The molecule has 0 spiro atoms. The summed E-state index contributed by atoms with van der Waals surface area (Å²) in [5, 5.41) is 7.15. The van der Waals surface area contributed by atoms with Gasteiger partial charge < -0.3 is 15.6 Å². The Morgan fingerprint density at radius 2 is 1.96 bits per heavy atom. The number of carbonyl (C=O) groups is 3. The zero-order valence-electron chi connectivity index (χ0n) is 13.3. The molecule has 2 aromatic rings. The quantitative estimate of drug-likeness (QED) is 0.710. The van der Waals surface area contributed by atoms with E-state index in [4.69, 9.17) is 0 Å². The maximum absolute atomic E-state index is 12.2. The van der Waals surface area contributed by atoms with Crippen LogP contribution >= 0.6 is 11.3 Å². The van der Waals surface area contributed by atoms with Crippen molar-refractivity contribution in [3.63, 3.8) is 0 Å². The van der Waals surface area contributed by atoms with Crippen molar-refractivity contribution in [2.45, 2.75) is 27.3 Å². The fraction of sp³-hybridized carbons (Fsp3) is 0.312. The molecule has 2 amide bonds. The van der Waals surface area contributed by atoms with Crippen LogP contribution in [0.25, 0.3) is 0 Å². The number of hydrogen-bond acceptors (Lipinski definition) is 4. The van der Waals surface area contributed by atoms with Gasteiger partial charge in [0.2, 0.25) is 0 Å². The van der Waals surface area contributed by atoms with Crippen LogP contribution in [0.15, 0.2) is 17.5 Å². The molecule has 0 atom stereocenters. The smallest absolute Gasteiger partial charge is 0.315 e. The minimum atomic E-state index is -0.403. The normalized spacial score (nSPS) is 10.4. The van der Waals surface area contributed by atoms with Gasteiger partial charge in [0, 0.05) is 16.1 Å². The van der Waals surface area contributed by atoms with E-state index >= 15 is 0 Å². The molecule has 0 saturated heterocycles. The highest BCUT2D eigenvalue weighted by Crippen LogP contribution is 2.18. The summed E-state index contributed by atoms with van der Waals surface area (Å²) in [6, 6.07) is 3.43. The number of Topliss-reactive ketones (excluding diaryl/α,β-unsaturated/α-hetero) is 2. The van der Waals surface area contributed by atoms with Crippen molar-refractivity contribution in [2.24, 2.45) is 0 Å². The third-order valence-electron chi connectivity index (χ3n) is 3.48. The van der Waals surface area contributed by atoms with Gasteiger partial charge in [0.15, 0.2) is 11.6 Å². The van der Waals surface area contributed by atoms with E-state index in [1.165, 1.54) is 6.92 Å². The fourth-order valence-electron chi connectivity index (χ4n) is 2.45. The lowest BCUT2D eigenvalue weighted by Gasteiger charge is -2.06. The number of urea groups is 1. The van der Waals surface area contributed by atoms with Crippen LogP contribution in [-0.2, 0) is 6.54 Å². The molecule has 0 aromatic carbocycles. The molecule has 0 aliphatic rings. The van der Waals surface area contributed by atoms with Crippen molar-refractivity contribution in [3.05, 3.63) is 44.9 Å². The summed E-state index contributed by atoms with van der Waals surface area (Å²) in [5.41, 5.74) is 2.20. The first-order chi connectivity index (χ1) is 10.9. The zero-order chi connectivity index (χ0) is 17.0. The van der Waals surface area contributed by atoms with E-state index in [2.05, 4.69) is 15.6 Å².